The van der Waals surface area contributed by atoms with Gasteiger partial charge >= 0.3 is 0 Å². The third-order valence-electron chi connectivity index (χ3n) is 4.49. The lowest BCUT2D eigenvalue weighted by Crippen LogP contribution is -2.18. The fourth-order valence-electron chi connectivity index (χ4n) is 3.13. The molecular weight excluding hydrogens is 369 g/mol. The summed E-state index contributed by atoms with van der Waals surface area (Å²) in [5.41, 5.74) is 1.17. The van der Waals surface area contributed by atoms with E-state index in [4.69, 9.17) is 4.74 Å². The molecule has 6 nitrogen and oxygen atoms in total. The Morgan fingerprint density at radius 3 is 2.81 bits per heavy atom. The summed E-state index contributed by atoms with van der Waals surface area (Å²) in [4.78, 5) is 4.73. The second-order valence-corrected chi connectivity index (χ2v) is 8.15. The quantitative estimate of drug-likeness (QED) is 0.729. The smallest absolute Gasteiger partial charge is 0.240 e. The zero-order chi connectivity index (χ0) is 19.0. The van der Waals surface area contributed by atoms with Crippen LogP contribution in [0.5, 0.6) is 11.5 Å². The standard InChI is InChI=1S/C19H18FN3O3S/c1-21-27(24,25)15-7-8-18(26-14-5-2-4-13(20)10-14)16(11-15)17-12-23-9-3-6-19(23)22-17/h2,4-5,7-8,10-12,21H,3,6,9H2,1H3. The van der Waals surface area contributed by atoms with Gasteiger partial charge in [-0.15, -0.1) is 0 Å². The van der Waals surface area contributed by atoms with Crippen molar-refractivity contribution in [3.05, 3.63) is 60.3 Å². The van der Waals surface area contributed by atoms with E-state index in [0.717, 1.165) is 25.2 Å². The van der Waals surface area contributed by atoms with Gasteiger partial charge in [-0.2, -0.15) is 0 Å². The summed E-state index contributed by atoms with van der Waals surface area (Å²) in [6.07, 6.45) is 3.82. The Morgan fingerprint density at radius 1 is 1.22 bits per heavy atom. The van der Waals surface area contributed by atoms with Crippen molar-refractivity contribution >= 4 is 10.0 Å². The number of nitrogens with one attached hydrogen (secondary N) is 1. The molecule has 1 aromatic heterocycles. The SMILES string of the molecule is CNS(=O)(=O)c1ccc(Oc2cccc(F)c2)c(-c2cn3c(n2)CCC3)c1. The molecule has 0 saturated carbocycles. The van der Waals surface area contributed by atoms with Crippen LogP contribution in [0.1, 0.15) is 12.2 Å². The highest BCUT2D eigenvalue weighted by Gasteiger charge is 2.20. The molecule has 0 aliphatic carbocycles. The number of ether oxygens (including phenoxy) is 1. The van der Waals surface area contributed by atoms with Crippen molar-refractivity contribution in [3.63, 3.8) is 0 Å². The molecule has 140 valence electrons. The van der Waals surface area contributed by atoms with Gasteiger partial charge in [0.15, 0.2) is 0 Å². The molecule has 1 N–H and O–H groups in total. The number of hydrogen-bond acceptors (Lipinski definition) is 4. The first-order valence-corrected chi connectivity index (χ1v) is 10.0. The van der Waals surface area contributed by atoms with Gasteiger partial charge in [0.25, 0.3) is 0 Å². The maximum atomic E-state index is 13.5. The summed E-state index contributed by atoms with van der Waals surface area (Å²) in [5, 5.41) is 0. The monoisotopic (exact) mass is 387 g/mol. The number of aryl methyl sites for hydroxylation is 2. The van der Waals surface area contributed by atoms with Crippen molar-refractivity contribution in [3.8, 4) is 22.8 Å². The van der Waals surface area contributed by atoms with Gasteiger partial charge in [0.2, 0.25) is 10.0 Å². The summed E-state index contributed by atoms with van der Waals surface area (Å²) < 4.78 is 48.1. The Hall–Kier alpha value is -2.71. The Morgan fingerprint density at radius 2 is 2.07 bits per heavy atom. The second-order valence-electron chi connectivity index (χ2n) is 6.26. The van der Waals surface area contributed by atoms with Crippen LogP contribution in [-0.2, 0) is 23.0 Å². The number of imidazole rings is 1. The van der Waals surface area contributed by atoms with Crippen molar-refractivity contribution in [2.75, 3.05) is 7.05 Å². The van der Waals surface area contributed by atoms with E-state index >= 15 is 0 Å². The van der Waals surface area contributed by atoms with Crippen molar-refractivity contribution in [1.29, 1.82) is 0 Å². The molecular formula is C19H18FN3O3S. The van der Waals surface area contributed by atoms with Crippen LogP contribution in [0.25, 0.3) is 11.3 Å². The minimum absolute atomic E-state index is 0.111. The number of nitrogens with zero attached hydrogens (tertiary/aromatic N) is 2. The molecule has 8 heteroatoms. The zero-order valence-corrected chi connectivity index (χ0v) is 15.5. The molecule has 4 rings (SSSR count). The average molecular weight is 387 g/mol. The van der Waals surface area contributed by atoms with Crippen molar-refractivity contribution in [1.82, 2.24) is 14.3 Å². The van der Waals surface area contributed by atoms with Crippen LogP contribution < -0.4 is 9.46 Å². The van der Waals surface area contributed by atoms with Crippen LogP contribution in [0.4, 0.5) is 4.39 Å². The molecule has 2 heterocycles. The molecule has 0 radical (unpaired) electrons. The lowest BCUT2D eigenvalue weighted by molar-refractivity contribution is 0.478. The van der Waals surface area contributed by atoms with Crippen LogP contribution in [0.2, 0.25) is 0 Å². The van der Waals surface area contributed by atoms with Crippen LogP contribution in [0, 0.1) is 5.82 Å². The van der Waals surface area contributed by atoms with E-state index in [1.165, 1.54) is 31.3 Å². The van der Waals surface area contributed by atoms with Crippen LogP contribution in [0.15, 0.2) is 53.6 Å². The van der Waals surface area contributed by atoms with E-state index in [1.807, 2.05) is 6.20 Å². The first kappa shape index (κ1) is 17.7. The number of aromatic nitrogens is 2. The van der Waals surface area contributed by atoms with Crippen LogP contribution in [0.3, 0.4) is 0 Å². The van der Waals surface area contributed by atoms with Crippen LogP contribution >= 0.6 is 0 Å². The summed E-state index contributed by atoms with van der Waals surface area (Å²) in [6.45, 7) is 0.886. The predicted molar refractivity (Wildman–Crippen MR) is 98.7 cm³/mol. The number of sulfonamides is 1. The van der Waals surface area contributed by atoms with E-state index < -0.39 is 15.8 Å². The predicted octanol–water partition coefficient (Wildman–Crippen LogP) is 3.34. The molecule has 0 bridgehead atoms. The molecule has 3 aromatic rings. The second kappa shape index (κ2) is 6.79. The fourth-order valence-corrected chi connectivity index (χ4v) is 3.88. The van der Waals surface area contributed by atoms with Gasteiger partial charge in [0, 0.05) is 30.8 Å². The number of halogens is 1. The van der Waals surface area contributed by atoms with E-state index in [1.54, 1.807) is 18.2 Å². The van der Waals surface area contributed by atoms with E-state index in [2.05, 4.69) is 14.3 Å². The first-order valence-electron chi connectivity index (χ1n) is 8.54. The van der Waals surface area contributed by atoms with E-state index in [-0.39, 0.29) is 4.90 Å². The Kier molecular flexibility index (Phi) is 4.45. The van der Waals surface area contributed by atoms with Gasteiger partial charge in [-0.05, 0) is 43.8 Å². The third kappa shape index (κ3) is 3.45. The lowest BCUT2D eigenvalue weighted by atomic mass is 10.1. The largest absolute Gasteiger partial charge is 0.457 e. The Labute approximate surface area is 156 Å². The fraction of sp³-hybridized carbons (Fsp3) is 0.211. The van der Waals surface area contributed by atoms with Crippen molar-refractivity contribution < 1.29 is 17.5 Å². The topological polar surface area (TPSA) is 73.2 Å². The molecule has 2 aromatic carbocycles. The molecule has 27 heavy (non-hydrogen) atoms. The first-order chi connectivity index (χ1) is 13.0. The molecule has 1 aliphatic rings. The van der Waals surface area contributed by atoms with Crippen molar-refractivity contribution in [2.24, 2.45) is 0 Å². The summed E-state index contributed by atoms with van der Waals surface area (Å²) in [6, 6.07) is 10.3. The van der Waals surface area contributed by atoms with Gasteiger partial charge < -0.3 is 9.30 Å². The molecule has 1 aliphatic heterocycles. The summed E-state index contributed by atoms with van der Waals surface area (Å²) >= 11 is 0. The van der Waals surface area contributed by atoms with Crippen molar-refractivity contribution in [2.45, 2.75) is 24.3 Å². The Bertz CT molecular complexity index is 1090. The van der Waals surface area contributed by atoms with Gasteiger partial charge in [0.1, 0.15) is 23.1 Å². The molecule has 0 spiro atoms. The minimum Gasteiger partial charge on any atom is -0.457 e. The summed E-state index contributed by atoms with van der Waals surface area (Å²) in [5.74, 6) is 1.28. The average Bonchev–Trinajstić information content (AvgIpc) is 3.24. The number of benzene rings is 2. The van der Waals surface area contributed by atoms with Gasteiger partial charge in [0.05, 0.1) is 10.6 Å². The van der Waals surface area contributed by atoms with E-state index in [0.29, 0.717) is 22.8 Å². The maximum Gasteiger partial charge on any atom is 0.240 e. The molecule has 0 fully saturated rings. The number of rotatable bonds is 5. The molecule has 0 saturated heterocycles. The van der Waals surface area contributed by atoms with Gasteiger partial charge in [-0.25, -0.2) is 22.5 Å². The Balaban J connectivity index is 1.82. The minimum atomic E-state index is -3.62. The zero-order valence-electron chi connectivity index (χ0n) is 14.6. The lowest BCUT2D eigenvalue weighted by Gasteiger charge is -2.12. The normalized spacial score (nSPS) is 13.6. The molecule has 0 atom stereocenters. The molecule has 0 amide bonds. The highest BCUT2D eigenvalue weighted by Crippen LogP contribution is 2.35. The molecule has 0 unspecified atom stereocenters. The number of fused-ring (bicyclic) bond motifs is 1. The van der Waals surface area contributed by atoms with Gasteiger partial charge in [-0.3, -0.25) is 0 Å². The van der Waals surface area contributed by atoms with Gasteiger partial charge in [-0.1, -0.05) is 6.07 Å². The van der Waals surface area contributed by atoms with E-state index in [9.17, 15) is 12.8 Å². The number of hydrogen-bond donors (Lipinski definition) is 1. The highest BCUT2D eigenvalue weighted by atomic mass is 32.2. The highest BCUT2D eigenvalue weighted by molar-refractivity contribution is 7.89. The van der Waals surface area contributed by atoms with Crippen LogP contribution in [-0.4, -0.2) is 25.0 Å². The third-order valence-corrected chi connectivity index (χ3v) is 5.90. The summed E-state index contributed by atoms with van der Waals surface area (Å²) in [7, 11) is -2.26. The maximum absolute atomic E-state index is 13.5.